The number of furan rings is 1. The quantitative estimate of drug-likeness (QED) is 0.666. The standard InChI is InChI=1S/C16H16N2O4/c17-11-4-5-14-13(9-11)18(6-2-7-19)16(20)15(22-14)10-12-3-1-8-21-12/h1,3-5,8-10,19H,2,6-7,17H2/b15-10+. The molecule has 3 N–H and O–H groups in total. The number of fused-ring (bicyclic) bond motifs is 1. The minimum absolute atomic E-state index is 0.000478. The summed E-state index contributed by atoms with van der Waals surface area (Å²) in [5.41, 5.74) is 6.94. The fourth-order valence-corrected chi connectivity index (χ4v) is 2.28. The summed E-state index contributed by atoms with van der Waals surface area (Å²) in [5.74, 6) is 0.960. The van der Waals surface area contributed by atoms with E-state index in [9.17, 15) is 4.79 Å². The number of nitrogen functional groups attached to an aromatic ring is 1. The van der Waals surface area contributed by atoms with Gasteiger partial charge in [0.15, 0.2) is 11.5 Å². The van der Waals surface area contributed by atoms with Crippen LogP contribution in [0.5, 0.6) is 5.75 Å². The lowest BCUT2D eigenvalue weighted by atomic mass is 10.1. The van der Waals surface area contributed by atoms with Gasteiger partial charge in [-0.2, -0.15) is 0 Å². The predicted molar refractivity (Wildman–Crippen MR) is 82.2 cm³/mol. The van der Waals surface area contributed by atoms with E-state index in [0.717, 1.165) is 0 Å². The molecule has 1 aromatic carbocycles. The number of nitrogens with zero attached hydrogens (tertiary/aromatic N) is 1. The fourth-order valence-electron chi connectivity index (χ4n) is 2.28. The second-order valence-corrected chi connectivity index (χ2v) is 4.89. The third kappa shape index (κ3) is 2.68. The van der Waals surface area contributed by atoms with Gasteiger partial charge in [0.25, 0.3) is 5.91 Å². The number of aliphatic hydroxyl groups is 1. The zero-order valence-electron chi connectivity index (χ0n) is 11.9. The number of hydrogen-bond acceptors (Lipinski definition) is 5. The molecular formula is C16H16N2O4. The Morgan fingerprint density at radius 3 is 2.91 bits per heavy atom. The third-order valence-corrected chi connectivity index (χ3v) is 3.31. The monoisotopic (exact) mass is 300 g/mol. The first-order valence-corrected chi connectivity index (χ1v) is 6.94. The molecular weight excluding hydrogens is 284 g/mol. The lowest BCUT2D eigenvalue weighted by Crippen LogP contribution is -2.38. The van der Waals surface area contributed by atoms with E-state index < -0.39 is 0 Å². The number of ether oxygens (including phenoxy) is 1. The van der Waals surface area contributed by atoms with Crippen molar-refractivity contribution >= 4 is 23.4 Å². The van der Waals surface area contributed by atoms with E-state index in [1.165, 1.54) is 6.26 Å². The van der Waals surface area contributed by atoms with Crippen molar-refractivity contribution in [2.24, 2.45) is 0 Å². The summed E-state index contributed by atoms with van der Waals surface area (Å²) in [4.78, 5) is 14.2. The highest BCUT2D eigenvalue weighted by atomic mass is 16.5. The van der Waals surface area contributed by atoms with Gasteiger partial charge in [0, 0.05) is 24.9 Å². The number of nitrogens with two attached hydrogens (primary N) is 1. The van der Waals surface area contributed by atoms with Crippen molar-refractivity contribution in [2.45, 2.75) is 6.42 Å². The van der Waals surface area contributed by atoms with Gasteiger partial charge < -0.3 is 24.9 Å². The van der Waals surface area contributed by atoms with Crippen LogP contribution in [-0.2, 0) is 4.79 Å². The number of aliphatic hydroxyl groups excluding tert-OH is 1. The Labute approximate surface area is 127 Å². The van der Waals surface area contributed by atoms with Gasteiger partial charge in [-0.1, -0.05) is 0 Å². The Morgan fingerprint density at radius 1 is 1.32 bits per heavy atom. The average molecular weight is 300 g/mol. The van der Waals surface area contributed by atoms with Crippen LogP contribution in [0.2, 0.25) is 0 Å². The van der Waals surface area contributed by atoms with Crippen molar-refractivity contribution in [2.75, 3.05) is 23.8 Å². The first kappa shape index (κ1) is 14.2. The Bertz CT molecular complexity index is 707. The molecule has 0 radical (unpaired) electrons. The molecule has 2 heterocycles. The number of rotatable bonds is 4. The summed E-state index contributed by atoms with van der Waals surface area (Å²) in [6.45, 7) is 0.379. The van der Waals surface area contributed by atoms with Crippen LogP contribution in [0.1, 0.15) is 12.2 Å². The van der Waals surface area contributed by atoms with Gasteiger partial charge >= 0.3 is 0 Å². The number of hydrogen-bond donors (Lipinski definition) is 2. The van der Waals surface area contributed by atoms with Crippen LogP contribution >= 0.6 is 0 Å². The largest absolute Gasteiger partial charge is 0.465 e. The van der Waals surface area contributed by atoms with Crippen LogP contribution in [0.15, 0.2) is 46.8 Å². The normalized spacial score (nSPS) is 15.8. The van der Waals surface area contributed by atoms with Gasteiger partial charge in [-0.3, -0.25) is 4.79 Å². The van der Waals surface area contributed by atoms with E-state index in [1.54, 1.807) is 41.3 Å². The lowest BCUT2D eigenvalue weighted by molar-refractivity contribution is -0.117. The minimum atomic E-state index is -0.289. The molecule has 0 aliphatic carbocycles. The molecule has 1 aliphatic rings. The smallest absolute Gasteiger partial charge is 0.294 e. The van der Waals surface area contributed by atoms with Gasteiger partial charge in [0.1, 0.15) is 5.76 Å². The van der Waals surface area contributed by atoms with Crippen molar-refractivity contribution in [1.82, 2.24) is 0 Å². The maximum absolute atomic E-state index is 12.6. The van der Waals surface area contributed by atoms with Gasteiger partial charge in [0.05, 0.1) is 12.0 Å². The highest BCUT2D eigenvalue weighted by Crippen LogP contribution is 2.37. The van der Waals surface area contributed by atoms with Gasteiger partial charge in [-0.05, 0) is 36.8 Å². The molecule has 0 bridgehead atoms. The molecule has 0 unspecified atom stereocenters. The maximum atomic E-state index is 12.6. The molecule has 1 amide bonds. The molecule has 3 rings (SSSR count). The molecule has 6 nitrogen and oxygen atoms in total. The molecule has 0 atom stereocenters. The van der Waals surface area contributed by atoms with Gasteiger partial charge in [-0.15, -0.1) is 0 Å². The topological polar surface area (TPSA) is 88.9 Å². The number of carbonyl (C=O) groups excluding carboxylic acids is 1. The molecule has 1 aromatic heterocycles. The van der Waals surface area contributed by atoms with E-state index in [4.69, 9.17) is 20.0 Å². The summed E-state index contributed by atoms with van der Waals surface area (Å²) in [7, 11) is 0. The Kier molecular flexibility index (Phi) is 3.84. The lowest BCUT2D eigenvalue weighted by Gasteiger charge is -2.30. The van der Waals surface area contributed by atoms with Crippen molar-refractivity contribution in [3.05, 3.63) is 48.1 Å². The molecule has 0 saturated carbocycles. The van der Waals surface area contributed by atoms with Crippen LogP contribution in [0.25, 0.3) is 6.08 Å². The summed E-state index contributed by atoms with van der Waals surface area (Å²) in [5, 5.41) is 9.04. The van der Waals surface area contributed by atoms with Crippen LogP contribution in [0, 0.1) is 0 Å². The highest BCUT2D eigenvalue weighted by molar-refractivity contribution is 6.10. The zero-order chi connectivity index (χ0) is 15.5. The van der Waals surface area contributed by atoms with Crippen molar-refractivity contribution < 1.29 is 19.1 Å². The molecule has 2 aromatic rings. The predicted octanol–water partition coefficient (Wildman–Crippen LogP) is 2.01. The van der Waals surface area contributed by atoms with E-state index in [2.05, 4.69) is 0 Å². The number of amides is 1. The third-order valence-electron chi connectivity index (χ3n) is 3.31. The summed E-state index contributed by atoms with van der Waals surface area (Å²) < 4.78 is 10.9. The van der Waals surface area contributed by atoms with E-state index in [-0.39, 0.29) is 18.3 Å². The second-order valence-electron chi connectivity index (χ2n) is 4.89. The van der Waals surface area contributed by atoms with Gasteiger partial charge in [-0.25, -0.2) is 0 Å². The van der Waals surface area contributed by atoms with Crippen molar-refractivity contribution in [1.29, 1.82) is 0 Å². The Morgan fingerprint density at radius 2 is 2.18 bits per heavy atom. The van der Waals surface area contributed by atoms with Gasteiger partial charge in [0.2, 0.25) is 0 Å². The summed E-state index contributed by atoms with van der Waals surface area (Å²) in [6, 6.07) is 8.59. The number of benzene rings is 1. The minimum Gasteiger partial charge on any atom is -0.465 e. The van der Waals surface area contributed by atoms with E-state index in [1.807, 2.05) is 0 Å². The molecule has 114 valence electrons. The molecule has 0 fully saturated rings. The molecule has 0 saturated heterocycles. The number of anilines is 2. The molecule has 1 aliphatic heterocycles. The molecule has 6 heteroatoms. The molecule has 22 heavy (non-hydrogen) atoms. The zero-order valence-corrected chi connectivity index (χ0v) is 11.9. The van der Waals surface area contributed by atoms with E-state index in [0.29, 0.717) is 35.9 Å². The molecule has 0 spiro atoms. The van der Waals surface area contributed by atoms with Crippen molar-refractivity contribution in [3.8, 4) is 5.75 Å². The van der Waals surface area contributed by atoms with Crippen LogP contribution in [-0.4, -0.2) is 24.2 Å². The van der Waals surface area contributed by atoms with Crippen LogP contribution in [0.3, 0.4) is 0 Å². The Hall–Kier alpha value is -2.73. The van der Waals surface area contributed by atoms with Crippen molar-refractivity contribution in [3.63, 3.8) is 0 Å². The first-order chi connectivity index (χ1) is 10.7. The maximum Gasteiger partial charge on any atom is 0.294 e. The first-order valence-electron chi connectivity index (χ1n) is 6.94. The average Bonchev–Trinajstić information content (AvgIpc) is 3.01. The fraction of sp³-hybridized carbons (Fsp3) is 0.188. The highest BCUT2D eigenvalue weighted by Gasteiger charge is 2.30. The van der Waals surface area contributed by atoms with E-state index >= 15 is 0 Å². The second kappa shape index (κ2) is 5.95. The summed E-state index contributed by atoms with van der Waals surface area (Å²) >= 11 is 0. The SMILES string of the molecule is Nc1ccc2c(c1)N(CCCO)C(=O)/C(=C\c1ccco1)O2. The Balaban J connectivity index is 2.00. The number of carbonyl (C=O) groups is 1. The van der Waals surface area contributed by atoms with Crippen LogP contribution in [0.4, 0.5) is 11.4 Å². The van der Waals surface area contributed by atoms with Crippen LogP contribution < -0.4 is 15.4 Å². The summed E-state index contributed by atoms with van der Waals surface area (Å²) in [6.07, 6.45) is 3.54.